The Bertz CT molecular complexity index is 805. The molecule has 1 amide bonds. The van der Waals surface area contributed by atoms with Crippen LogP contribution in [0.25, 0.3) is 0 Å². The molecule has 0 spiro atoms. The maximum atomic E-state index is 12.7. The zero-order chi connectivity index (χ0) is 19.3. The van der Waals surface area contributed by atoms with Crippen LogP contribution in [0.1, 0.15) is 30.1 Å². The van der Waals surface area contributed by atoms with E-state index in [2.05, 4.69) is 32.0 Å². The molecule has 2 aromatic rings. The monoisotopic (exact) mass is 381 g/mol. The molecule has 1 aromatic carbocycles. The lowest BCUT2D eigenvalue weighted by molar-refractivity contribution is 0.102. The number of hydrogen-bond donors (Lipinski definition) is 1. The molecular formula is C21H27N5O2. The summed E-state index contributed by atoms with van der Waals surface area (Å²) >= 11 is 0. The van der Waals surface area contributed by atoms with Crippen LogP contribution in [0.15, 0.2) is 36.7 Å². The van der Waals surface area contributed by atoms with Crippen molar-refractivity contribution in [3.8, 4) is 0 Å². The van der Waals surface area contributed by atoms with Gasteiger partial charge in [0.25, 0.3) is 5.91 Å². The molecule has 2 aliphatic heterocycles. The minimum Gasteiger partial charge on any atom is -0.378 e. The number of piperidine rings is 1. The number of nitrogens with one attached hydrogen (secondary N) is 1. The normalized spacial score (nSPS) is 20.1. The van der Waals surface area contributed by atoms with Crippen LogP contribution in [0.5, 0.6) is 0 Å². The van der Waals surface area contributed by atoms with E-state index < -0.39 is 0 Å². The van der Waals surface area contributed by atoms with Crippen molar-refractivity contribution in [1.29, 1.82) is 0 Å². The SMILES string of the molecule is CC1CCCN(c2ncc(C(=O)Nc3ccccc3N3CCOCC3)cn2)C1. The van der Waals surface area contributed by atoms with Gasteiger partial charge >= 0.3 is 0 Å². The van der Waals surface area contributed by atoms with Gasteiger partial charge in [-0.2, -0.15) is 0 Å². The molecule has 1 unspecified atom stereocenters. The molecule has 0 bridgehead atoms. The number of para-hydroxylation sites is 2. The maximum absolute atomic E-state index is 12.7. The predicted molar refractivity (Wildman–Crippen MR) is 110 cm³/mol. The largest absolute Gasteiger partial charge is 0.378 e. The van der Waals surface area contributed by atoms with Gasteiger partial charge in [-0.05, 0) is 30.9 Å². The fraction of sp³-hybridized carbons (Fsp3) is 0.476. The summed E-state index contributed by atoms with van der Waals surface area (Å²) in [5.74, 6) is 1.16. The Morgan fingerprint density at radius 2 is 1.86 bits per heavy atom. The first-order valence-corrected chi connectivity index (χ1v) is 10.0. The first kappa shape index (κ1) is 18.7. The van der Waals surface area contributed by atoms with E-state index in [1.165, 1.54) is 6.42 Å². The fourth-order valence-electron chi connectivity index (χ4n) is 3.83. The van der Waals surface area contributed by atoms with Gasteiger partial charge in [-0.1, -0.05) is 19.1 Å². The third-order valence-corrected chi connectivity index (χ3v) is 5.34. The summed E-state index contributed by atoms with van der Waals surface area (Å²) in [4.78, 5) is 26.0. The molecule has 2 aliphatic rings. The first-order chi connectivity index (χ1) is 13.7. The minimum absolute atomic E-state index is 0.195. The second-order valence-corrected chi connectivity index (χ2v) is 7.54. The van der Waals surface area contributed by atoms with E-state index >= 15 is 0 Å². The Labute approximate surface area is 165 Å². The molecule has 2 fully saturated rings. The highest BCUT2D eigenvalue weighted by Crippen LogP contribution is 2.27. The summed E-state index contributed by atoms with van der Waals surface area (Å²) in [7, 11) is 0. The lowest BCUT2D eigenvalue weighted by atomic mass is 10.0. The Balaban J connectivity index is 1.45. The Morgan fingerprint density at radius 3 is 2.61 bits per heavy atom. The van der Waals surface area contributed by atoms with Crippen molar-refractivity contribution in [3.63, 3.8) is 0 Å². The van der Waals surface area contributed by atoms with Crippen molar-refractivity contribution in [2.45, 2.75) is 19.8 Å². The molecule has 0 radical (unpaired) electrons. The van der Waals surface area contributed by atoms with Crippen molar-refractivity contribution < 1.29 is 9.53 Å². The van der Waals surface area contributed by atoms with E-state index in [4.69, 9.17) is 4.74 Å². The average molecular weight is 381 g/mol. The molecule has 7 nitrogen and oxygen atoms in total. The smallest absolute Gasteiger partial charge is 0.258 e. The lowest BCUT2D eigenvalue weighted by Crippen LogP contribution is -2.36. The van der Waals surface area contributed by atoms with Crippen molar-refractivity contribution in [2.75, 3.05) is 54.5 Å². The summed E-state index contributed by atoms with van der Waals surface area (Å²) < 4.78 is 5.43. The Morgan fingerprint density at radius 1 is 1.11 bits per heavy atom. The molecule has 7 heteroatoms. The number of morpholine rings is 1. The molecule has 1 atom stereocenters. The lowest BCUT2D eigenvalue weighted by Gasteiger charge is -2.31. The molecule has 4 rings (SSSR count). The quantitative estimate of drug-likeness (QED) is 0.878. The number of carbonyl (C=O) groups is 1. The van der Waals surface area contributed by atoms with Gasteiger partial charge in [-0.3, -0.25) is 4.79 Å². The van der Waals surface area contributed by atoms with Crippen LogP contribution in [-0.4, -0.2) is 55.3 Å². The molecule has 1 aromatic heterocycles. The maximum Gasteiger partial charge on any atom is 0.258 e. The summed E-state index contributed by atoms with van der Waals surface area (Å²) in [5.41, 5.74) is 2.27. The van der Waals surface area contributed by atoms with E-state index in [1.807, 2.05) is 24.3 Å². The van der Waals surface area contributed by atoms with Crippen molar-refractivity contribution >= 4 is 23.2 Å². The van der Waals surface area contributed by atoms with Gasteiger partial charge in [0.1, 0.15) is 0 Å². The molecule has 2 saturated heterocycles. The van der Waals surface area contributed by atoms with Gasteiger partial charge in [0.2, 0.25) is 5.95 Å². The highest BCUT2D eigenvalue weighted by Gasteiger charge is 2.20. The molecule has 1 N–H and O–H groups in total. The number of aromatic nitrogens is 2. The molecular weight excluding hydrogens is 354 g/mol. The van der Waals surface area contributed by atoms with E-state index in [0.717, 1.165) is 44.0 Å². The number of carbonyl (C=O) groups excluding carboxylic acids is 1. The minimum atomic E-state index is -0.195. The van der Waals surface area contributed by atoms with Gasteiger partial charge < -0.3 is 19.9 Å². The van der Waals surface area contributed by atoms with Crippen molar-refractivity contribution in [2.24, 2.45) is 5.92 Å². The van der Waals surface area contributed by atoms with E-state index in [1.54, 1.807) is 12.4 Å². The molecule has 28 heavy (non-hydrogen) atoms. The van der Waals surface area contributed by atoms with E-state index in [0.29, 0.717) is 30.6 Å². The van der Waals surface area contributed by atoms with Crippen LogP contribution in [0.3, 0.4) is 0 Å². The van der Waals surface area contributed by atoms with Crippen molar-refractivity contribution in [1.82, 2.24) is 9.97 Å². The second-order valence-electron chi connectivity index (χ2n) is 7.54. The topological polar surface area (TPSA) is 70.6 Å². The van der Waals surface area contributed by atoms with Crippen LogP contribution in [0.4, 0.5) is 17.3 Å². The number of nitrogens with zero attached hydrogens (tertiary/aromatic N) is 4. The number of rotatable bonds is 4. The average Bonchev–Trinajstić information content (AvgIpc) is 2.75. The highest BCUT2D eigenvalue weighted by molar-refractivity contribution is 6.05. The zero-order valence-corrected chi connectivity index (χ0v) is 16.3. The first-order valence-electron chi connectivity index (χ1n) is 10.0. The van der Waals surface area contributed by atoms with Gasteiger partial charge in [0.05, 0.1) is 30.2 Å². The number of hydrogen-bond acceptors (Lipinski definition) is 6. The second kappa shape index (κ2) is 8.56. The Kier molecular flexibility index (Phi) is 5.71. The fourth-order valence-corrected chi connectivity index (χ4v) is 3.83. The van der Waals surface area contributed by atoms with Crippen LogP contribution < -0.4 is 15.1 Å². The van der Waals surface area contributed by atoms with Crippen LogP contribution in [0, 0.1) is 5.92 Å². The standard InChI is InChI=1S/C21H27N5O2/c1-16-5-4-8-26(15-16)21-22-13-17(14-23-21)20(27)24-18-6-2-3-7-19(18)25-9-11-28-12-10-25/h2-3,6-7,13-14,16H,4-5,8-12,15H2,1H3,(H,24,27). The van der Waals surface area contributed by atoms with Crippen molar-refractivity contribution in [3.05, 3.63) is 42.2 Å². The van der Waals surface area contributed by atoms with Crippen LogP contribution >= 0.6 is 0 Å². The van der Waals surface area contributed by atoms with E-state index in [-0.39, 0.29) is 5.91 Å². The molecule has 148 valence electrons. The van der Waals surface area contributed by atoms with Gasteiger partial charge in [-0.15, -0.1) is 0 Å². The molecule has 0 aliphatic carbocycles. The predicted octanol–water partition coefficient (Wildman–Crippen LogP) is 2.80. The summed E-state index contributed by atoms with van der Waals surface area (Å²) in [5, 5.41) is 3.02. The zero-order valence-electron chi connectivity index (χ0n) is 16.3. The molecule has 0 saturated carbocycles. The number of ether oxygens (including phenoxy) is 1. The van der Waals surface area contributed by atoms with Gasteiger partial charge in [0.15, 0.2) is 0 Å². The third-order valence-electron chi connectivity index (χ3n) is 5.34. The number of amides is 1. The summed E-state index contributed by atoms with van der Waals surface area (Å²) in [6, 6.07) is 7.86. The van der Waals surface area contributed by atoms with Crippen LogP contribution in [0.2, 0.25) is 0 Å². The molecule has 3 heterocycles. The number of anilines is 3. The summed E-state index contributed by atoms with van der Waals surface area (Å²) in [6.45, 7) is 7.23. The van der Waals surface area contributed by atoms with E-state index in [9.17, 15) is 4.79 Å². The number of benzene rings is 1. The van der Waals surface area contributed by atoms with Crippen LogP contribution in [-0.2, 0) is 4.74 Å². The van der Waals surface area contributed by atoms with Gasteiger partial charge in [-0.25, -0.2) is 9.97 Å². The third kappa shape index (κ3) is 4.25. The Hall–Kier alpha value is -2.67. The van der Waals surface area contributed by atoms with Gasteiger partial charge in [0, 0.05) is 38.6 Å². The summed E-state index contributed by atoms with van der Waals surface area (Å²) in [6.07, 6.45) is 5.65. The highest BCUT2D eigenvalue weighted by atomic mass is 16.5.